The highest BCUT2D eigenvalue weighted by molar-refractivity contribution is 5.85. The van der Waals surface area contributed by atoms with E-state index in [4.69, 9.17) is 9.47 Å². The Morgan fingerprint density at radius 1 is 0.750 bits per heavy atom. The summed E-state index contributed by atoms with van der Waals surface area (Å²) in [5.74, 6) is -0.811. The molecule has 4 aromatic carbocycles. The lowest BCUT2D eigenvalue weighted by molar-refractivity contribution is -0.384. The van der Waals surface area contributed by atoms with Crippen molar-refractivity contribution in [3.63, 3.8) is 0 Å². The third-order valence-corrected chi connectivity index (χ3v) is 6.04. The van der Waals surface area contributed by atoms with Crippen LogP contribution in [-0.4, -0.2) is 27.9 Å². The van der Waals surface area contributed by atoms with Crippen LogP contribution in [0.3, 0.4) is 0 Å². The van der Waals surface area contributed by atoms with Crippen molar-refractivity contribution < 1.29 is 29.1 Å². The highest BCUT2D eigenvalue weighted by Gasteiger charge is 2.22. The zero-order valence-electron chi connectivity index (χ0n) is 21.6. The van der Waals surface area contributed by atoms with Crippen molar-refractivity contribution in [1.29, 1.82) is 0 Å². The molecule has 9 heteroatoms. The van der Waals surface area contributed by atoms with Gasteiger partial charge in [0.15, 0.2) is 11.5 Å². The molecule has 0 aliphatic rings. The summed E-state index contributed by atoms with van der Waals surface area (Å²) in [6, 6.07) is 28.9. The molecule has 1 atom stereocenters. The van der Waals surface area contributed by atoms with Gasteiger partial charge >= 0.3 is 5.97 Å². The summed E-state index contributed by atoms with van der Waals surface area (Å²) in [6.07, 6.45) is -0.195. The monoisotopic (exact) mass is 540 g/mol. The number of hydrogen-bond donors (Lipinski definition) is 2. The molecular weight excluding hydrogens is 512 g/mol. The number of hydrogen-bond acceptors (Lipinski definition) is 6. The van der Waals surface area contributed by atoms with E-state index < -0.39 is 22.8 Å². The highest BCUT2D eigenvalue weighted by atomic mass is 16.6. The topological polar surface area (TPSA) is 128 Å². The molecule has 0 saturated heterocycles. The van der Waals surface area contributed by atoms with E-state index >= 15 is 0 Å². The SMILES string of the molecule is O=C(Cc1cccc([N+](=O)[O-])c1)N[C@@H](Cc1ccc(OCc2ccccc2)c(OCc2ccccc2)c1)C(=O)O. The van der Waals surface area contributed by atoms with Crippen molar-refractivity contribution in [3.8, 4) is 11.5 Å². The van der Waals surface area contributed by atoms with Crippen molar-refractivity contribution in [3.05, 3.63) is 135 Å². The number of carboxylic acids is 1. The predicted octanol–water partition coefficient (Wildman–Crippen LogP) is 5.11. The lowest BCUT2D eigenvalue weighted by Gasteiger charge is -2.17. The molecule has 1 amide bonds. The van der Waals surface area contributed by atoms with Gasteiger partial charge in [-0.15, -0.1) is 0 Å². The Balaban J connectivity index is 1.47. The third-order valence-electron chi connectivity index (χ3n) is 6.04. The van der Waals surface area contributed by atoms with E-state index in [2.05, 4.69) is 5.32 Å². The number of nitrogens with zero attached hydrogens (tertiary/aromatic N) is 1. The Morgan fingerprint density at radius 2 is 1.35 bits per heavy atom. The first-order valence-corrected chi connectivity index (χ1v) is 12.6. The average molecular weight is 541 g/mol. The molecule has 40 heavy (non-hydrogen) atoms. The van der Waals surface area contributed by atoms with E-state index in [1.165, 1.54) is 18.2 Å². The van der Waals surface area contributed by atoms with Crippen LogP contribution in [0, 0.1) is 10.1 Å². The van der Waals surface area contributed by atoms with Crippen LogP contribution < -0.4 is 14.8 Å². The number of non-ortho nitro benzene ring substituents is 1. The van der Waals surface area contributed by atoms with Crippen molar-refractivity contribution in [2.45, 2.75) is 32.1 Å². The third kappa shape index (κ3) is 8.16. The number of rotatable bonds is 13. The molecule has 0 fully saturated rings. The molecular formula is C31H28N2O7. The number of nitrogens with one attached hydrogen (secondary N) is 1. The molecule has 0 aromatic heterocycles. The molecule has 0 heterocycles. The summed E-state index contributed by atoms with van der Waals surface area (Å²) in [4.78, 5) is 35.1. The van der Waals surface area contributed by atoms with Gasteiger partial charge in [0.2, 0.25) is 5.91 Å². The van der Waals surface area contributed by atoms with Crippen LogP contribution in [0.25, 0.3) is 0 Å². The number of carbonyl (C=O) groups is 2. The molecule has 0 unspecified atom stereocenters. The number of carbonyl (C=O) groups excluding carboxylic acids is 1. The van der Waals surface area contributed by atoms with Gasteiger partial charge in [-0.05, 0) is 34.4 Å². The summed E-state index contributed by atoms with van der Waals surface area (Å²) in [5, 5.41) is 23.3. The van der Waals surface area contributed by atoms with Crippen LogP contribution in [-0.2, 0) is 35.6 Å². The smallest absolute Gasteiger partial charge is 0.326 e. The van der Waals surface area contributed by atoms with Crippen LogP contribution in [0.5, 0.6) is 11.5 Å². The second-order valence-corrected chi connectivity index (χ2v) is 9.10. The minimum Gasteiger partial charge on any atom is -0.485 e. The molecule has 0 spiro atoms. The number of nitro groups is 1. The summed E-state index contributed by atoms with van der Waals surface area (Å²) in [5.41, 5.74) is 2.83. The molecule has 0 aliphatic carbocycles. The summed E-state index contributed by atoms with van der Waals surface area (Å²) in [7, 11) is 0. The Labute approximate surface area is 231 Å². The molecule has 4 aromatic rings. The average Bonchev–Trinajstić information content (AvgIpc) is 2.96. The zero-order valence-corrected chi connectivity index (χ0v) is 21.6. The molecule has 0 saturated carbocycles. The van der Waals surface area contributed by atoms with E-state index in [0.29, 0.717) is 29.2 Å². The van der Waals surface area contributed by atoms with Gasteiger partial charge in [0, 0.05) is 18.6 Å². The fourth-order valence-corrected chi connectivity index (χ4v) is 4.03. The number of aliphatic carboxylic acids is 1. The van der Waals surface area contributed by atoms with Crippen molar-refractivity contribution in [2.24, 2.45) is 0 Å². The van der Waals surface area contributed by atoms with Gasteiger partial charge < -0.3 is 19.9 Å². The van der Waals surface area contributed by atoms with Crippen LogP contribution in [0.4, 0.5) is 5.69 Å². The number of nitro benzene ring substituents is 1. The zero-order chi connectivity index (χ0) is 28.3. The van der Waals surface area contributed by atoms with E-state index in [1.807, 2.05) is 60.7 Å². The lowest BCUT2D eigenvalue weighted by Crippen LogP contribution is -2.43. The second-order valence-electron chi connectivity index (χ2n) is 9.10. The normalized spacial score (nSPS) is 11.3. The van der Waals surface area contributed by atoms with Gasteiger partial charge in [-0.25, -0.2) is 4.79 Å². The molecule has 0 radical (unpaired) electrons. The Kier molecular flexibility index (Phi) is 9.44. The number of ether oxygens (including phenoxy) is 2. The van der Waals surface area contributed by atoms with E-state index in [0.717, 1.165) is 11.1 Å². The summed E-state index contributed by atoms with van der Waals surface area (Å²) >= 11 is 0. The first-order chi connectivity index (χ1) is 19.4. The number of amides is 1. The van der Waals surface area contributed by atoms with E-state index in [-0.39, 0.29) is 25.1 Å². The van der Waals surface area contributed by atoms with Gasteiger partial charge in [-0.3, -0.25) is 14.9 Å². The van der Waals surface area contributed by atoms with Crippen molar-refractivity contribution >= 4 is 17.6 Å². The van der Waals surface area contributed by atoms with Gasteiger partial charge in [0.25, 0.3) is 5.69 Å². The van der Waals surface area contributed by atoms with Crippen LogP contribution >= 0.6 is 0 Å². The van der Waals surface area contributed by atoms with E-state index in [1.54, 1.807) is 24.3 Å². The summed E-state index contributed by atoms with van der Waals surface area (Å²) < 4.78 is 12.1. The molecule has 4 rings (SSSR count). The standard InChI is InChI=1S/C31H28N2O7/c34-30(19-24-12-7-13-26(16-24)33(37)38)32-27(31(35)36)17-25-14-15-28(39-20-22-8-3-1-4-9-22)29(18-25)40-21-23-10-5-2-6-11-23/h1-16,18,27H,17,19-21H2,(H,32,34)(H,35,36)/t27-/m0/s1. The maximum atomic E-state index is 12.6. The van der Waals surface area contributed by atoms with Crippen LogP contribution in [0.15, 0.2) is 103 Å². The van der Waals surface area contributed by atoms with E-state index in [9.17, 15) is 24.8 Å². The molecule has 2 N–H and O–H groups in total. The molecule has 204 valence electrons. The second kappa shape index (κ2) is 13.6. The fourth-order valence-electron chi connectivity index (χ4n) is 4.03. The number of benzene rings is 4. The first kappa shape index (κ1) is 27.8. The molecule has 0 aliphatic heterocycles. The quantitative estimate of drug-likeness (QED) is 0.178. The maximum absolute atomic E-state index is 12.6. The maximum Gasteiger partial charge on any atom is 0.326 e. The van der Waals surface area contributed by atoms with Crippen molar-refractivity contribution in [2.75, 3.05) is 0 Å². The highest BCUT2D eigenvalue weighted by Crippen LogP contribution is 2.30. The van der Waals surface area contributed by atoms with Gasteiger partial charge in [-0.1, -0.05) is 78.9 Å². The molecule has 0 bridgehead atoms. The minimum absolute atomic E-state index is 0.00330. The van der Waals surface area contributed by atoms with Gasteiger partial charge in [0.05, 0.1) is 11.3 Å². The Morgan fingerprint density at radius 3 is 1.95 bits per heavy atom. The largest absolute Gasteiger partial charge is 0.485 e. The minimum atomic E-state index is -1.22. The van der Waals surface area contributed by atoms with Gasteiger partial charge in [0.1, 0.15) is 19.3 Å². The summed E-state index contributed by atoms with van der Waals surface area (Å²) in [6.45, 7) is 0.613. The van der Waals surface area contributed by atoms with Crippen LogP contribution in [0.1, 0.15) is 22.3 Å². The van der Waals surface area contributed by atoms with Gasteiger partial charge in [-0.2, -0.15) is 0 Å². The Hall–Kier alpha value is -5.18. The lowest BCUT2D eigenvalue weighted by atomic mass is 10.0. The first-order valence-electron chi connectivity index (χ1n) is 12.6. The number of carboxylic acid groups (broad SMARTS) is 1. The fraction of sp³-hybridized carbons (Fsp3) is 0.161. The van der Waals surface area contributed by atoms with Crippen molar-refractivity contribution in [1.82, 2.24) is 5.32 Å². The predicted molar refractivity (Wildman–Crippen MR) is 148 cm³/mol. The van der Waals surface area contributed by atoms with Crippen LogP contribution in [0.2, 0.25) is 0 Å². The Bertz CT molecular complexity index is 1460. The molecule has 9 nitrogen and oxygen atoms in total.